The molecule has 0 aliphatic heterocycles. The van der Waals surface area contributed by atoms with E-state index in [1.54, 1.807) is 0 Å². The highest BCUT2D eigenvalue weighted by Gasteiger charge is 2.72. The Morgan fingerprint density at radius 1 is 1.67 bits per heavy atom. The summed E-state index contributed by atoms with van der Waals surface area (Å²) in [5.41, 5.74) is 0.875. The molecule has 1 unspecified atom stereocenters. The molecule has 0 saturated heterocycles. The van der Waals surface area contributed by atoms with Gasteiger partial charge in [-0.25, -0.2) is 0 Å². The maximum Gasteiger partial charge on any atom is -0.0263 e. The molecule has 0 N–H and O–H groups in total. The van der Waals surface area contributed by atoms with Crippen LogP contribution in [-0.4, -0.2) is 0 Å². The van der Waals surface area contributed by atoms with Gasteiger partial charge in [-0.15, -0.1) is 0 Å². The van der Waals surface area contributed by atoms with Crippen molar-refractivity contribution in [1.82, 2.24) is 0 Å². The molecule has 0 nitrogen and oxygen atoms in total. The lowest BCUT2D eigenvalue weighted by Crippen LogP contribution is -1.85. The average Bonchev–Trinajstić information content (AvgIpc) is 2.24. The fourth-order valence-electron chi connectivity index (χ4n) is 1.53. The highest BCUT2D eigenvalue weighted by molar-refractivity contribution is 5.20. The Kier molecular flexibility index (Phi) is 0.242. The molecule has 0 radical (unpaired) electrons. The number of rotatable bonds is 0. The van der Waals surface area contributed by atoms with E-state index in [1.165, 1.54) is 6.42 Å². The van der Waals surface area contributed by atoms with Gasteiger partial charge >= 0.3 is 0 Å². The Balaban J connectivity index is 2.23. The first kappa shape index (κ1) is 3.06. The fourth-order valence-corrected chi connectivity index (χ4v) is 1.53. The van der Waals surface area contributed by atoms with Gasteiger partial charge in [-0.05, 0) is 23.7 Å². The second kappa shape index (κ2) is 0.473. The molecule has 34 valence electrons. The van der Waals surface area contributed by atoms with Crippen molar-refractivity contribution in [3.63, 3.8) is 0 Å². The molecular formula is C6H10. The van der Waals surface area contributed by atoms with Crippen molar-refractivity contribution < 1.29 is 0 Å². The molecule has 0 aromatic rings. The highest BCUT2D eigenvalue weighted by Crippen LogP contribution is 2.79. The average molecular weight is 82.1 g/mol. The molecule has 0 spiro atoms. The van der Waals surface area contributed by atoms with E-state index in [9.17, 15) is 0 Å². The summed E-state index contributed by atoms with van der Waals surface area (Å²) in [4.78, 5) is 0. The van der Waals surface area contributed by atoms with Crippen LogP contribution in [0.15, 0.2) is 0 Å². The number of hydrogen-bond donors (Lipinski definition) is 0. The molecular weight excluding hydrogens is 72.1 g/mol. The van der Waals surface area contributed by atoms with Gasteiger partial charge in [0, 0.05) is 0 Å². The molecule has 2 saturated carbocycles. The number of fused-ring (bicyclic) bond motifs is 1. The molecule has 2 fully saturated rings. The van der Waals surface area contributed by atoms with Crippen LogP contribution in [0.25, 0.3) is 0 Å². The van der Waals surface area contributed by atoms with Crippen LogP contribution in [0.1, 0.15) is 20.3 Å². The van der Waals surface area contributed by atoms with E-state index in [-0.39, 0.29) is 0 Å². The van der Waals surface area contributed by atoms with Crippen LogP contribution in [-0.2, 0) is 0 Å². The second-order valence-electron chi connectivity index (χ2n) is 3.11. The predicted octanol–water partition coefficient (Wildman–Crippen LogP) is 1.66. The monoisotopic (exact) mass is 82.1 g/mol. The molecule has 0 amide bonds. The first-order chi connectivity index (χ1) is 2.75. The lowest BCUT2D eigenvalue weighted by Gasteiger charge is -1.93. The highest BCUT2D eigenvalue weighted by atomic mass is 14.8. The van der Waals surface area contributed by atoms with Crippen molar-refractivity contribution in [3.8, 4) is 0 Å². The van der Waals surface area contributed by atoms with Crippen LogP contribution in [0, 0.1) is 17.3 Å². The quantitative estimate of drug-likeness (QED) is 0.417. The third-order valence-corrected chi connectivity index (χ3v) is 2.88. The molecule has 3 atom stereocenters. The van der Waals surface area contributed by atoms with Crippen molar-refractivity contribution in [2.75, 3.05) is 0 Å². The van der Waals surface area contributed by atoms with Crippen LogP contribution in [0.5, 0.6) is 0 Å². The Morgan fingerprint density at radius 3 is 2.00 bits per heavy atom. The minimum Gasteiger partial charge on any atom is -0.0617 e. The van der Waals surface area contributed by atoms with Crippen LogP contribution < -0.4 is 0 Å². The lowest BCUT2D eigenvalue weighted by molar-refractivity contribution is 0.563. The van der Waals surface area contributed by atoms with Crippen molar-refractivity contribution in [1.29, 1.82) is 0 Å². The van der Waals surface area contributed by atoms with Crippen LogP contribution in [0.2, 0.25) is 0 Å². The van der Waals surface area contributed by atoms with E-state index < -0.39 is 0 Å². The molecule has 0 heteroatoms. The smallest absolute Gasteiger partial charge is 0.0263 e. The first-order valence-corrected chi connectivity index (χ1v) is 2.75. The van der Waals surface area contributed by atoms with Gasteiger partial charge in [0.1, 0.15) is 0 Å². The zero-order valence-electron chi connectivity index (χ0n) is 4.36. The summed E-state index contributed by atoms with van der Waals surface area (Å²) in [6, 6.07) is 0. The number of hydrogen-bond acceptors (Lipinski definition) is 0. The summed E-state index contributed by atoms with van der Waals surface area (Å²) in [5, 5.41) is 0. The van der Waals surface area contributed by atoms with Crippen molar-refractivity contribution in [2.24, 2.45) is 17.3 Å². The Morgan fingerprint density at radius 2 is 2.00 bits per heavy atom. The Hall–Kier alpha value is 0. The summed E-state index contributed by atoms with van der Waals surface area (Å²) in [6.07, 6.45) is 1.54. The van der Waals surface area contributed by atoms with E-state index in [1.807, 2.05) is 0 Å². The standard InChI is InChI=1S/C6H10/c1-4-5-3-6(4,5)2/h4-5H,3H2,1-2H3/t4?,5-,6-/m1/s1. The minimum absolute atomic E-state index is 0.875. The topological polar surface area (TPSA) is 0 Å². The molecule has 2 rings (SSSR count). The molecule has 0 aromatic carbocycles. The molecule has 6 heavy (non-hydrogen) atoms. The normalized spacial score (nSPS) is 73.0. The zero-order valence-corrected chi connectivity index (χ0v) is 4.36. The first-order valence-electron chi connectivity index (χ1n) is 2.75. The van der Waals surface area contributed by atoms with Gasteiger partial charge in [0.2, 0.25) is 0 Å². The fraction of sp³-hybridized carbons (Fsp3) is 1.00. The lowest BCUT2D eigenvalue weighted by atomic mass is 10.1. The van der Waals surface area contributed by atoms with Crippen molar-refractivity contribution in [2.45, 2.75) is 20.3 Å². The van der Waals surface area contributed by atoms with E-state index >= 15 is 0 Å². The predicted molar refractivity (Wildman–Crippen MR) is 25.4 cm³/mol. The summed E-state index contributed by atoms with van der Waals surface area (Å²) >= 11 is 0. The van der Waals surface area contributed by atoms with Crippen molar-refractivity contribution in [3.05, 3.63) is 0 Å². The third kappa shape index (κ3) is 0.125. The van der Waals surface area contributed by atoms with Crippen LogP contribution in [0.4, 0.5) is 0 Å². The van der Waals surface area contributed by atoms with Gasteiger partial charge in [-0.3, -0.25) is 0 Å². The van der Waals surface area contributed by atoms with E-state index in [0.717, 1.165) is 17.3 Å². The van der Waals surface area contributed by atoms with Gasteiger partial charge in [0.25, 0.3) is 0 Å². The minimum atomic E-state index is 0.875. The van der Waals surface area contributed by atoms with Crippen molar-refractivity contribution >= 4 is 0 Å². The Bertz CT molecular complexity index is 90.2. The summed E-state index contributed by atoms with van der Waals surface area (Å²) in [6.45, 7) is 4.75. The SMILES string of the molecule is CC1[C@H]2C[C@]12C. The molecule has 0 heterocycles. The van der Waals surface area contributed by atoms with E-state index in [0.29, 0.717) is 0 Å². The van der Waals surface area contributed by atoms with Gasteiger partial charge in [-0.1, -0.05) is 13.8 Å². The zero-order chi connectivity index (χ0) is 4.36. The maximum absolute atomic E-state index is 2.39. The Labute approximate surface area is 38.6 Å². The van der Waals surface area contributed by atoms with Gasteiger partial charge in [0.05, 0.1) is 0 Å². The van der Waals surface area contributed by atoms with Gasteiger partial charge in [-0.2, -0.15) is 0 Å². The third-order valence-electron chi connectivity index (χ3n) is 2.88. The second-order valence-corrected chi connectivity index (χ2v) is 3.11. The largest absolute Gasteiger partial charge is 0.0617 e. The summed E-state index contributed by atoms with van der Waals surface area (Å²) in [7, 11) is 0. The van der Waals surface area contributed by atoms with Crippen LogP contribution >= 0.6 is 0 Å². The van der Waals surface area contributed by atoms with Gasteiger partial charge < -0.3 is 0 Å². The molecule has 2 aliphatic rings. The summed E-state index contributed by atoms with van der Waals surface area (Å²) in [5.74, 6) is 2.26. The molecule has 2 aliphatic carbocycles. The van der Waals surface area contributed by atoms with E-state index in [4.69, 9.17) is 0 Å². The summed E-state index contributed by atoms with van der Waals surface area (Å²) < 4.78 is 0. The molecule has 0 bridgehead atoms. The van der Waals surface area contributed by atoms with Gasteiger partial charge in [0.15, 0.2) is 0 Å². The van der Waals surface area contributed by atoms with Crippen LogP contribution in [0.3, 0.4) is 0 Å². The van der Waals surface area contributed by atoms with E-state index in [2.05, 4.69) is 13.8 Å². The molecule has 0 aromatic heterocycles. The maximum atomic E-state index is 2.39.